The van der Waals surface area contributed by atoms with Crippen molar-refractivity contribution >= 4 is 17.8 Å². The van der Waals surface area contributed by atoms with E-state index in [9.17, 15) is 14.7 Å². The maximum absolute atomic E-state index is 12.8. The van der Waals surface area contributed by atoms with E-state index in [1.807, 2.05) is 24.8 Å². The van der Waals surface area contributed by atoms with Gasteiger partial charge in [-0.2, -0.15) is 5.26 Å². The van der Waals surface area contributed by atoms with Crippen LogP contribution in [0.4, 0.5) is 10.6 Å². The number of anilines is 1. The first kappa shape index (κ1) is 22.8. The fourth-order valence-electron chi connectivity index (χ4n) is 4.13. The number of aromatic nitrogens is 1. The highest BCUT2D eigenvalue weighted by molar-refractivity contribution is 5.77. The summed E-state index contributed by atoms with van der Waals surface area (Å²) in [5.41, 5.74) is 0.209. The number of carbonyl (C=O) groups excluding carboxylic acids is 1. The van der Waals surface area contributed by atoms with Crippen LogP contribution in [-0.2, 0) is 9.53 Å². The van der Waals surface area contributed by atoms with Crippen LogP contribution in [0.1, 0.15) is 38.7 Å². The summed E-state index contributed by atoms with van der Waals surface area (Å²) < 4.78 is 5.83. The number of nitrogens with zero attached hydrogens (tertiary/aromatic N) is 5. The van der Waals surface area contributed by atoms with Crippen molar-refractivity contribution in [1.82, 2.24) is 14.8 Å². The first-order valence-electron chi connectivity index (χ1n) is 10.8. The molecule has 1 aromatic heterocycles. The van der Waals surface area contributed by atoms with Gasteiger partial charge in [0, 0.05) is 45.3 Å². The molecule has 2 saturated heterocycles. The summed E-state index contributed by atoms with van der Waals surface area (Å²) in [4.78, 5) is 33.8. The number of carboxylic acid groups (broad SMARTS) is 1. The molecule has 0 aliphatic carbocycles. The fourth-order valence-corrected chi connectivity index (χ4v) is 4.13. The van der Waals surface area contributed by atoms with Crippen LogP contribution in [0.25, 0.3) is 0 Å². The third-order valence-electron chi connectivity index (χ3n) is 5.89. The van der Waals surface area contributed by atoms with E-state index in [4.69, 9.17) is 10.00 Å². The van der Waals surface area contributed by atoms with E-state index in [0.29, 0.717) is 57.9 Å². The lowest BCUT2D eigenvalue weighted by molar-refractivity contribution is -0.134. The van der Waals surface area contributed by atoms with Crippen molar-refractivity contribution in [2.45, 2.75) is 39.2 Å². The number of pyridine rings is 1. The molecule has 2 aliphatic heterocycles. The second-order valence-corrected chi connectivity index (χ2v) is 9.01. The molecule has 1 aromatic rings. The summed E-state index contributed by atoms with van der Waals surface area (Å²) in [6.07, 6.45) is 2.75. The van der Waals surface area contributed by atoms with Crippen LogP contribution < -0.4 is 4.90 Å². The third-order valence-corrected chi connectivity index (χ3v) is 5.89. The molecule has 0 saturated carbocycles. The summed E-state index contributed by atoms with van der Waals surface area (Å²) in [6.45, 7) is 8.03. The minimum atomic E-state index is -0.893. The van der Waals surface area contributed by atoms with Gasteiger partial charge in [-0.1, -0.05) is 13.8 Å². The lowest BCUT2D eigenvalue weighted by atomic mass is 9.89. The second kappa shape index (κ2) is 9.96. The van der Waals surface area contributed by atoms with Gasteiger partial charge in [0.05, 0.1) is 24.8 Å². The van der Waals surface area contributed by atoms with Crippen molar-refractivity contribution in [2.24, 2.45) is 5.41 Å². The zero-order chi connectivity index (χ0) is 22.4. The zero-order valence-electron chi connectivity index (χ0n) is 18.3. The molecule has 9 nitrogen and oxygen atoms in total. The van der Waals surface area contributed by atoms with Crippen molar-refractivity contribution in [3.63, 3.8) is 0 Å². The number of amides is 2. The topological polar surface area (TPSA) is 110 Å². The Morgan fingerprint density at radius 3 is 2.61 bits per heavy atom. The third kappa shape index (κ3) is 6.07. The molecular weight excluding hydrogens is 398 g/mol. The highest BCUT2D eigenvalue weighted by atomic mass is 16.5. The number of rotatable bonds is 7. The maximum atomic E-state index is 12.8. The number of hydrogen-bond acceptors (Lipinski definition) is 6. The van der Waals surface area contributed by atoms with Gasteiger partial charge in [-0.05, 0) is 30.4 Å². The summed E-state index contributed by atoms with van der Waals surface area (Å²) in [6, 6.07) is 5.57. The Balaban J connectivity index is 1.42. The number of likely N-dealkylation sites (tertiary alicyclic amines) is 1. The van der Waals surface area contributed by atoms with Crippen molar-refractivity contribution in [2.75, 3.05) is 50.8 Å². The fraction of sp³-hybridized carbons (Fsp3) is 0.636. The molecule has 0 unspecified atom stereocenters. The van der Waals surface area contributed by atoms with Crippen LogP contribution in [0.5, 0.6) is 0 Å². The van der Waals surface area contributed by atoms with E-state index >= 15 is 0 Å². The van der Waals surface area contributed by atoms with Crippen molar-refractivity contribution in [1.29, 1.82) is 5.26 Å². The van der Waals surface area contributed by atoms with Gasteiger partial charge in [0.1, 0.15) is 11.9 Å². The highest BCUT2D eigenvalue weighted by Gasteiger charge is 2.31. The Morgan fingerprint density at radius 2 is 2.00 bits per heavy atom. The molecular formula is C22H31N5O4. The van der Waals surface area contributed by atoms with E-state index in [1.54, 1.807) is 12.3 Å². The van der Waals surface area contributed by atoms with Crippen molar-refractivity contribution in [3.8, 4) is 6.07 Å². The Morgan fingerprint density at radius 1 is 1.26 bits per heavy atom. The monoisotopic (exact) mass is 429 g/mol. The van der Waals surface area contributed by atoms with Gasteiger partial charge in [0.25, 0.3) is 0 Å². The maximum Gasteiger partial charge on any atom is 0.407 e. The molecule has 2 fully saturated rings. The lowest BCUT2D eigenvalue weighted by Gasteiger charge is -2.37. The smallest absolute Gasteiger partial charge is 0.407 e. The average molecular weight is 430 g/mol. The normalized spacial score (nSPS) is 19.4. The summed E-state index contributed by atoms with van der Waals surface area (Å²) in [7, 11) is 0. The van der Waals surface area contributed by atoms with Crippen LogP contribution in [0, 0.1) is 16.7 Å². The predicted molar refractivity (Wildman–Crippen MR) is 115 cm³/mol. The molecule has 2 aliphatic rings. The van der Waals surface area contributed by atoms with E-state index in [0.717, 1.165) is 18.7 Å². The largest absolute Gasteiger partial charge is 0.465 e. The molecule has 2 amide bonds. The molecule has 3 rings (SSSR count). The Kier molecular flexibility index (Phi) is 7.33. The average Bonchev–Trinajstić information content (AvgIpc) is 3.22. The molecule has 0 aromatic carbocycles. The molecule has 3 heterocycles. The van der Waals surface area contributed by atoms with Gasteiger partial charge in [0.2, 0.25) is 5.91 Å². The van der Waals surface area contributed by atoms with Crippen molar-refractivity contribution in [3.05, 3.63) is 23.9 Å². The van der Waals surface area contributed by atoms with Gasteiger partial charge >= 0.3 is 6.09 Å². The molecule has 9 heteroatoms. The van der Waals surface area contributed by atoms with Gasteiger partial charge in [0.15, 0.2) is 0 Å². The standard InChI is InChI=1S/C22H31N5O4/c1-22(2,16-31-15-18-4-3-7-27(18)21(29)30)12-20(28)26-10-8-25(9-11-26)19-6-5-17(13-23)14-24-19/h5-6,14,18H,3-4,7-12,15-16H2,1-2H3,(H,29,30)/t18-/m0/s1. The number of carbonyl (C=O) groups is 2. The molecule has 0 spiro atoms. The Bertz CT molecular complexity index is 812. The van der Waals surface area contributed by atoms with Gasteiger partial charge in [-0.25, -0.2) is 9.78 Å². The Hall–Kier alpha value is -2.86. The van der Waals surface area contributed by atoms with Crippen LogP contribution >= 0.6 is 0 Å². The quantitative estimate of drug-likeness (QED) is 0.707. The first-order chi connectivity index (χ1) is 14.8. The van der Waals surface area contributed by atoms with E-state index in [-0.39, 0.29) is 17.4 Å². The van der Waals surface area contributed by atoms with Crippen molar-refractivity contribution < 1.29 is 19.4 Å². The zero-order valence-corrected chi connectivity index (χ0v) is 18.3. The molecule has 0 bridgehead atoms. The van der Waals surface area contributed by atoms with E-state index in [2.05, 4.69) is 16.0 Å². The second-order valence-electron chi connectivity index (χ2n) is 9.01. The molecule has 31 heavy (non-hydrogen) atoms. The summed E-state index contributed by atoms with van der Waals surface area (Å²) in [5.74, 6) is 0.927. The number of hydrogen-bond donors (Lipinski definition) is 1. The number of nitriles is 1. The molecule has 0 radical (unpaired) electrons. The minimum absolute atomic E-state index is 0.0899. The lowest BCUT2D eigenvalue weighted by Crippen LogP contribution is -2.50. The van der Waals surface area contributed by atoms with Gasteiger partial charge in [-0.3, -0.25) is 4.79 Å². The molecule has 168 valence electrons. The predicted octanol–water partition coefficient (Wildman–Crippen LogP) is 2.18. The van der Waals surface area contributed by atoms with Crippen LogP contribution in [-0.4, -0.2) is 83.9 Å². The van der Waals surface area contributed by atoms with E-state index < -0.39 is 6.09 Å². The summed E-state index contributed by atoms with van der Waals surface area (Å²) >= 11 is 0. The SMILES string of the molecule is CC(C)(COC[C@@H]1CCCN1C(=O)O)CC(=O)N1CCN(c2ccc(C#N)cn2)CC1. The van der Waals surface area contributed by atoms with Gasteiger partial charge < -0.3 is 24.5 Å². The van der Waals surface area contributed by atoms with Crippen LogP contribution in [0.3, 0.4) is 0 Å². The molecule has 1 N–H and O–H groups in total. The molecule has 1 atom stereocenters. The van der Waals surface area contributed by atoms with Crippen LogP contribution in [0.2, 0.25) is 0 Å². The van der Waals surface area contributed by atoms with Crippen LogP contribution in [0.15, 0.2) is 18.3 Å². The first-order valence-corrected chi connectivity index (χ1v) is 10.8. The highest BCUT2D eigenvalue weighted by Crippen LogP contribution is 2.24. The summed E-state index contributed by atoms with van der Waals surface area (Å²) in [5, 5.41) is 18.1. The number of piperazine rings is 1. The van der Waals surface area contributed by atoms with E-state index in [1.165, 1.54) is 4.90 Å². The Labute approximate surface area is 183 Å². The minimum Gasteiger partial charge on any atom is -0.465 e. The number of ether oxygens (including phenoxy) is 1. The van der Waals surface area contributed by atoms with Gasteiger partial charge in [-0.15, -0.1) is 0 Å².